The SMILES string of the molecule is CCCCCCCCCCCCC(c1ccc(C(C)(C)C)cc1C(C)(C)C)P(=O)([O-])[O-].CCCCCCCCCCCCC(c1ccc(C(C)(C)C)cc1C(C)(C)C)P(=O)([O-])[O-].[Cd+2].[Cd+2]. The molecular weight excluding hydrogens is 1030 g/mol. The number of benzene rings is 2. The zero-order valence-electron chi connectivity index (χ0n) is 43.9. The Kier molecular flexibility index (Phi) is 33.1. The Hall–Kier alpha value is 0.584. The van der Waals surface area contributed by atoms with Crippen molar-refractivity contribution in [3.8, 4) is 0 Å². The van der Waals surface area contributed by atoms with Crippen LogP contribution in [-0.4, -0.2) is 0 Å². The van der Waals surface area contributed by atoms with Crippen LogP contribution in [0.5, 0.6) is 0 Å². The van der Waals surface area contributed by atoms with E-state index < -0.39 is 26.5 Å². The fourth-order valence-electron chi connectivity index (χ4n) is 8.54. The average molecular weight is 1130 g/mol. The molecule has 2 rings (SSSR count). The minimum atomic E-state index is -4.73. The summed E-state index contributed by atoms with van der Waals surface area (Å²) < 4.78 is 24.5. The molecule has 0 heterocycles. The van der Waals surface area contributed by atoms with Crippen molar-refractivity contribution in [2.24, 2.45) is 0 Å². The van der Waals surface area contributed by atoms with E-state index in [9.17, 15) is 28.7 Å². The topological polar surface area (TPSA) is 126 Å². The van der Waals surface area contributed by atoms with E-state index in [4.69, 9.17) is 0 Å². The van der Waals surface area contributed by atoms with Crippen molar-refractivity contribution in [2.75, 3.05) is 0 Å². The van der Waals surface area contributed by atoms with Crippen LogP contribution >= 0.6 is 15.2 Å². The molecular formula is C54H94Cd2O6P2. The van der Waals surface area contributed by atoms with Gasteiger partial charge in [-0.1, -0.05) is 277 Å². The summed E-state index contributed by atoms with van der Waals surface area (Å²) in [6.45, 7) is 30.0. The molecule has 0 aliphatic rings. The van der Waals surface area contributed by atoms with Crippen LogP contribution in [0, 0.1) is 0 Å². The van der Waals surface area contributed by atoms with Crippen LogP contribution in [0.4, 0.5) is 0 Å². The Bertz CT molecular complexity index is 1520. The first-order valence-electron chi connectivity index (χ1n) is 24.9. The van der Waals surface area contributed by atoms with E-state index in [-0.39, 0.29) is 76.3 Å². The molecule has 2 atom stereocenters. The molecule has 360 valence electrons. The molecule has 0 N–H and O–H groups in total. The third-order valence-electron chi connectivity index (χ3n) is 12.6. The van der Waals surface area contributed by atoms with Crippen molar-refractivity contribution in [2.45, 2.75) is 271 Å². The van der Waals surface area contributed by atoms with E-state index in [1.807, 2.05) is 24.3 Å². The second kappa shape index (κ2) is 31.7. The van der Waals surface area contributed by atoms with E-state index >= 15 is 0 Å². The van der Waals surface area contributed by atoms with Crippen LogP contribution < -0.4 is 19.6 Å². The Morgan fingerprint density at radius 2 is 0.625 bits per heavy atom. The average Bonchev–Trinajstić information content (AvgIpc) is 3.13. The number of unbranched alkanes of at least 4 members (excludes halogenated alkanes) is 18. The largest absolute Gasteiger partial charge is 2.00 e. The zero-order valence-corrected chi connectivity index (χ0v) is 53.8. The van der Waals surface area contributed by atoms with E-state index in [1.54, 1.807) is 0 Å². The molecule has 2 unspecified atom stereocenters. The molecule has 0 saturated carbocycles. The van der Waals surface area contributed by atoms with E-state index in [2.05, 4.69) is 109 Å². The Balaban J connectivity index is 0. The van der Waals surface area contributed by atoms with Crippen LogP contribution in [0.1, 0.15) is 283 Å². The predicted molar refractivity (Wildman–Crippen MR) is 261 cm³/mol. The molecule has 0 aliphatic carbocycles. The van der Waals surface area contributed by atoms with Crippen molar-refractivity contribution in [3.63, 3.8) is 0 Å². The predicted octanol–water partition coefficient (Wildman–Crippen LogP) is 15.1. The Labute approximate surface area is 435 Å². The number of rotatable bonds is 26. The van der Waals surface area contributed by atoms with E-state index in [1.165, 1.54) is 101 Å². The van der Waals surface area contributed by atoms with Crippen LogP contribution in [0.25, 0.3) is 0 Å². The maximum Gasteiger partial charge on any atom is 2.00 e. The van der Waals surface area contributed by atoms with Gasteiger partial charge in [-0.25, -0.2) is 0 Å². The van der Waals surface area contributed by atoms with Gasteiger partial charge in [-0.3, -0.25) is 0 Å². The van der Waals surface area contributed by atoms with E-state index in [0.717, 1.165) is 49.7 Å². The van der Waals surface area contributed by atoms with Gasteiger partial charge in [0.1, 0.15) is 0 Å². The maximum absolute atomic E-state index is 12.3. The maximum atomic E-state index is 12.3. The number of hydrogen-bond donors (Lipinski definition) is 0. The molecule has 0 spiro atoms. The van der Waals surface area contributed by atoms with Gasteiger partial charge in [0.05, 0.1) is 0 Å². The van der Waals surface area contributed by atoms with Crippen molar-refractivity contribution >= 4 is 15.2 Å². The van der Waals surface area contributed by atoms with Gasteiger partial charge < -0.3 is 28.7 Å². The van der Waals surface area contributed by atoms with Crippen LogP contribution in [0.2, 0.25) is 0 Å². The van der Waals surface area contributed by atoms with Gasteiger partial charge >= 0.3 is 54.6 Å². The van der Waals surface area contributed by atoms with Gasteiger partial charge in [0.25, 0.3) is 0 Å². The summed E-state index contributed by atoms with van der Waals surface area (Å²) in [5, 5.41) is 0. The molecule has 2 aromatic carbocycles. The summed E-state index contributed by atoms with van der Waals surface area (Å²) in [4.78, 5) is 49.0. The van der Waals surface area contributed by atoms with Gasteiger partial charge in [-0.2, -0.15) is 0 Å². The molecule has 64 heavy (non-hydrogen) atoms. The van der Waals surface area contributed by atoms with Crippen molar-refractivity contribution in [3.05, 3.63) is 69.8 Å². The molecule has 2 aromatic rings. The molecule has 0 amide bonds. The molecule has 0 radical (unpaired) electrons. The fourth-order valence-corrected chi connectivity index (χ4v) is 10.7. The fraction of sp³-hybridized carbons (Fsp3) is 0.778. The minimum absolute atomic E-state index is 0. The summed E-state index contributed by atoms with van der Waals surface area (Å²) in [6, 6.07) is 12.1. The normalized spacial score (nSPS) is 13.7. The van der Waals surface area contributed by atoms with Gasteiger partial charge in [-0.15, -0.1) is 0 Å². The van der Waals surface area contributed by atoms with Gasteiger partial charge in [0.15, 0.2) is 0 Å². The first kappa shape index (κ1) is 66.7. The zero-order chi connectivity index (χ0) is 47.4. The Morgan fingerprint density at radius 3 is 0.828 bits per heavy atom. The molecule has 10 heteroatoms. The second-order valence-electron chi connectivity index (χ2n) is 22.7. The van der Waals surface area contributed by atoms with Crippen LogP contribution in [0.3, 0.4) is 0 Å². The van der Waals surface area contributed by atoms with Gasteiger partial charge in [0.2, 0.25) is 0 Å². The molecule has 0 aliphatic heterocycles. The molecule has 6 nitrogen and oxygen atoms in total. The molecule has 0 aromatic heterocycles. The third-order valence-corrected chi connectivity index (χ3v) is 15.2. The van der Waals surface area contributed by atoms with E-state index in [0.29, 0.717) is 24.0 Å². The summed E-state index contributed by atoms with van der Waals surface area (Å²) in [5.74, 6) is 0. The summed E-state index contributed by atoms with van der Waals surface area (Å²) >= 11 is 0. The van der Waals surface area contributed by atoms with Crippen LogP contribution in [-0.2, 0) is 85.4 Å². The second-order valence-corrected chi connectivity index (χ2v) is 26.1. The minimum Gasteiger partial charge on any atom is -0.810 e. The van der Waals surface area contributed by atoms with Gasteiger partial charge in [-0.05, 0) is 67.9 Å². The van der Waals surface area contributed by atoms with Crippen LogP contribution in [0.15, 0.2) is 36.4 Å². The molecule has 0 fully saturated rings. The van der Waals surface area contributed by atoms with Crippen molar-refractivity contribution in [1.82, 2.24) is 0 Å². The van der Waals surface area contributed by atoms with Crippen molar-refractivity contribution in [1.29, 1.82) is 0 Å². The Morgan fingerprint density at radius 1 is 0.391 bits per heavy atom. The summed E-state index contributed by atoms with van der Waals surface area (Å²) in [7, 11) is -9.45. The third kappa shape index (κ3) is 26.5. The molecule has 0 bridgehead atoms. The smallest absolute Gasteiger partial charge is 0.810 e. The summed E-state index contributed by atoms with van der Waals surface area (Å²) in [5.41, 5.74) is 3.41. The standard InChI is InChI=1S/2C27H49O3P.2Cd/c2*1-8-9-10-11-12-13-14-15-16-17-18-25(31(28,29)30)23-20-19-22(26(2,3)4)21-24(23)27(5,6)7;;/h2*19-21,25H,8-18H2,1-7H3,(H2,28,29,30);;/q;;2*+2/p-4. The quantitative estimate of drug-likeness (QED) is 0.0525. The first-order valence-corrected chi connectivity index (χ1v) is 28.1. The van der Waals surface area contributed by atoms with Gasteiger partial charge in [0, 0.05) is 11.3 Å². The molecule has 0 saturated heterocycles. The monoisotopic (exact) mass is 1130 g/mol. The first-order chi connectivity index (χ1) is 28.6. The van der Waals surface area contributed by atoms with Crippen molar-refractivity contribution < 1.29 is 83.3 Å². The number of hydrogen-bond acceptors (Lipinski definition) is 6. The summed E-state index contributed by atoms with van der Waals surface area (Å²) in [6.07, 6.45) is 24.8.